The topological polar surface area (TPSA) is 74.6 Å². The second-order valence-corrected chi connectivity index (χ2v) is 5.22. The third-order valence-electron chi connectivity index (χ3n) is 3.37. The first-order chi connectivity index (χ1) is 9.57. The van der Waals surface area contributed by atoms with Gasteiger partial charge in [0.15, 0.2) is 0 Å². The van der Waals surface area contributed by atoms with Crippen molar-refractivity contribution in [1.29, 1.82) is 0 Å². The summed E-state index contributed by atoms with van der Waals surface area (Å²) in [4.78, 5) is 21.4. The van der Waals surface area contributed by atoms with Crippen molar-refractivity contribution in [3.8, 4) is 0 Å². The molecule has 0 aromatic heterocycles. The first kappa shape index (κ1) is 18.7. The Morgan fingerprint density at radius 3 is 2.25 bits per heavy atom. The van der Waals surface area contributed by atoms with Crippen LogP contribution in [0.1, 0.15) is 71.1 Å². The highest BCUT2D eigenvalue weighted by atomic mass is 16.4. The van der Waals surface area contributed by atoms with Crippen molar-refractivity contribution >= 4 is 11.9 Å². The van der Waals surface area contributed by atoms with Crippen molar-refractivity contribution in [3.05, 3.63) is 12.2 Å². The molecule has 0 radical (unpaired) electrons. The highest BCUT2D eigenvalue weighted by molar-refractivity contribution is 5.70. The summed E-state index contributed by atoms with van der Waals surface area (Å²) in [5.41, 5.74) is 0. The van der Waals surface area contributed by atoms with Crippen molar-refractivity contribution in [2.24, 2.45) is 5.92 Å². The minimum Gasteiger partial charge on any atom is -0.481 e. The highest BCUT2D eigenvalue weighted by Crippen LogP contribution is 2.16. The van der Waals surface area contributed by atoms with Gasteiger partial charge in [-0.3, -0.25) is 9.59 Å². The van der Waals surface area contributed by atoms with Crippen molar-refractivity contribution in [2.45, 2.75) is 71.1 Å². The zero-order valence-corrected chi connectivity index (χ0v) is 12.5. The van der Waals surface area contributed by atoms with E-state index in [9.17, 15) is 9.59 Å². The Morgan fingerprint density at radius 1 is 0.950 bits per heavy atom. The molecule has 0 aliphatic rings. The van der Waals surface area contributed by atoms with E-state index in [0.29, 0.717) is 19.3 Å². The molecule has 0 amide bonds. The molecule has 4 nitrogen and oxygen atoms in total. The Balaban J connectivity index is 3.72. The molecule has 0 fully saturated rings. The maximum absolute atomic E-state index is 11.0. The molecule has 0 rings (SSSR count). The highest BCUT2D eigenvalue weighted by Gasteiger charge is 2.16. The van der Waals surface area contributed by atoms with Gasteiger partial charge in [0.05, 0.1) is 5.92 Å². The van der Waals surface area contributed by atoms with E-state index in [1.54, 1.807) is 0 Å². The lowest BCUT2D eigenvalue weighted by Crippen LogP contribution is -2.13. The van der Waals surface area contributed by atoms with Gasteiger partial charge in [0.25, 0.3) is 0 Å². The number of unbranched alkanes of at least 4 members (excludes halogenated alkanes) is 4. The van der Waals surface area contributed by atoms with Gasteiger partial charge in [-0.15, -0.1) is 0 Å². The maximum Gasteiger partial charge on any atom is 0.306 e. The summed E-state index contributed by atoms with van der Waals surface area (Å²) in [6.45, 7) is 2.19. The largest absolute Gasteiger partial charge is 0.481 e. The molecule has 0 saturated carbocycles. The Labute approximate surface area is 121 Å². The van der Waals surface area contributed by atoms with Crippen molar-refractivity contribution < 1.29 is 19.8 Å². The van der Waals surface area contributed by atoms with Crippen LogP contribution in [0.3, 0.4) is 0 Å². The average molecular weight is 284 g/mol. The standard InChI is InChI=1S/C16H28O4/c1-2-3-4-5-6-7-8-9-11-14(16(19)20)12-10-13-15(17)18/h7-8,14H,2-6,9-13H2,1H3,(H,17,18)(H,19,20). The van der Waals surface area contributed by atoms with Crippen LogP contribution in [0.15, 0.2) is 12.2 Å². The van der Waals surface area contributed by atoms with Crippen LogP contribution in [0.25, 0.3) is 0 Å². The molecule has 2 N–H and O–H groups in total. The number of carbonyl (C=O) groups is 2. The summed E-state index contributed by atoms with van der Waals surface area (Å²) in [6, 6.07) is 0. The summed E-state index contributed by atoms with van der Waals surface area (Å²) in [6.07, 6.45) is 12.5. The van der Waals surface area contributed by atoms with E-state index < -0.39 is 17.9 Å². The molecule has 0 heterocycles. The van der Waals surface area contributed by atoms with Crippen LogP contribution >= 0.6 is 0 Å². The van der Waals surface area contributed by atoms with Crippen molar-refractivity contribution in [2.75, 3.05) is 0 Å². The third kappa shape index (κ3) is 11.8. The first-order valence-electron chi connectivity index (χ1n) is 7.67. The van der Waals surface area contributed by atoms with E-state index in [1.165, 1.54) is 25.7 Å². The van der Waals surface area contributed by atoms with Crippen LogP contribution in [-0.2, 0) is 9.59 Å². The van der Waals surface area contributed by atoms with E-state index in [4.69, 9.17) is 10.2 Å². The van der Waals surface area contributed by atoms with Gasteiger partial charge in [-0.25, -0.2) is 0 Å². The molecule has 0 aliphatic heterocycles. The van der Waals surface area contributed by atoms with Crippen LogP contribution in [0, 0.1) is 5.92 Å². The van der Waals surface area contributed by atoms with Gasteiger partial charge >= 0.3 is 11.9 Å². The lowest BCUT2D eigenvalue weighted by atomic mass is 9.96. The summed E-state index contributed by atoms with van der Waals surface area (Å²) in [5, 5.41) is 17.6. The number of rotatable bonds is 13. The third-order valence-corrected chi connectivity index (χ3v) is 3.37. The predicted molar refractivity (Wildman–Crippen MR) is 79.7 cm³/mol. The normalized spacial score (nSPS) is 12.7. The second-order valence-electron chi connectivity index (χ2n) is 5.22. The van der Waals surface area contributed by atoms with E-state index in [2.05, 4.69) is 19.1 Å². The van der Waals surface area contributed by atoms with Gasteiger partial charge in [0, 0.05) is 6.42 Å². The quantitative estimate of drug-likeness (QED) is 0.391. The average Bonchev–Trinajstić information content (AvgIpc) is 2.39. The Bertz CT molecular complexity index is 297. The molecule has 20 heavy (non-hydrogen) atoms. The molecule has 0 aliphatic carbocycles. The fourth-order valence-electron chi connectivity index (χ4n) is 2.11. The van der Waals surface area contributed by atoms with E-state index in [0.717, 1.165) is 12.8 Å². The molecule has 1 atom stereocenters. The monoisotopic (exact) mass is 284 g/mol. The minimum atomic E-state index is -0.860. The first-order valence-corrected chi connectivity index (χ1v) is 7.67. The number of carboxylic acid groups (broad SMARTS) is 2. The molecule has 4 heteroatoms. The number of allylic oxidation sites excluding steroid dienone is 2. The van der Waals surface area contributed by atoms with Crippen molar-refractivity contribution in [3.63, 3.8) is 0 Å². The fourth-order valence-corrected chi connectivity index (χ4v) is 2.11. The summed E-state index contributed by atoms with van der Waals surface area (Å²) in [7, 11) is 0. The van der Waals surface area contributed by atoms with Crippen LogP contribution in [0.4, 0.5) is 0 Å². The van der Waals surface area contributed by atoms with Gasteiger partial charge in [0.1, 0.15) is 0 Å². The molecule has 0 aromatic carbocycles. The van der Waals surface area contributed by atoms with Gasteiger partial charge in [-0.1, -0.05) is 38.3 Å². The molecular formula is C16H28O4. The Morgan fingerprint density at radius 2 is 1.65 bits per heavy atom. The van der Waals surface area contributed by atoms with E-state index >= 15 is 0 Å². The lowest BCUT2D eigenvalue weighted by Gasteiger charge is -2.09. The molecule has 116 valence electrons. The maximum atomic E-state index is 11.0. The summed E-state index contributed by atoms with van der Waals surface area (Å²) >= 11 is 0. The zero-order valence-electron chi connectivity index (χ0n) is 12.5. The Hall–Kier alpha value is -1.32. The van der Waals surface area contributed by atoms with Crippen LogP contribution < -0.4 is 0 Å². The molecular weight excluding hydrogens is 256 g/mol. The Kier molecular flexibility index (Phi) is 11.9. The smallest absolute Gasteiger partial charge is 0.306 e. The number of aliphatic carboxylic acids is 2. The van der Waals surface area contributed by atoms with E-state index in [1.807, 2.05) is 0 Å². The predicted octanol–water partition coefficient (Wildman–Crippen LogP) is 4.25. The number of hydrogen-bond donors (Lipinski definition) is 2. The van der Waals surface area contributed by atoms with Crippen LogP contribution in [0.2, 0.25) is 0 Å². The van der Waals surface area contributed by atoms with Gasteiger partial charge in [-0.2, -0.15) is 0 Å². The van der Waals surface area contributed by atoms with Crippen LogP contribution in [-0.4, -0.2) is 22.2 Å². The van der Waals surface area contributed by atoms with Gasteiger partial charge in [-0.05, 0) is 38.5 Å². The van der Waals surface area contributed by atoms with Crippen molar-refractivity contribution in [1.82, 2.24) is 0 Å². The zero-order chi connectivity index (χ0) is 15.2. The molecule has 1 unspecified atom stereocenters. The van der Waals surface area contributed by atoms with Gasteiger partial charge < -0.3 is 10.2 Å². The number of hydrogen-bond acceptors (Lipinski definition) is 2. The summed E-state index contributed by atoms with van der Waals surface area (Å²) in [5.74, 6) is -2.09. The lowest BCUT2D eigenvalue weighted by molar-refractivity contribution is -0.143. The van der Waals surface area contributed by atoms with Crippen LogP contribution in [0.5, 0.6) is 0 Å². The second kappa shape index (κ2) is 12.7. The van der Waals surface area contributed by atoms with Gasteiger partial charge in [0.2, 0.25) is 0 Å². The molecule has 0 bridgehead atoms. The molecule has 0 aromatic rings. The molecule has 0 saturated heterocycles. The summed E-state index contributed by atoms with van der Waals surface area (Å²) < 4.78 is 0. The number of carboxylic acids is 2. The minimum absolute atomic E-state index is 0.0526. The van der Waals surface area contributed by atoms with E-state index in [-0.39, 0.29) is 6.42 Å². The SMILES string of the molecule is CCCCCCC=CCCC(CCCC(=O)O)C(=O)O. The molecule has 0 spiro atoms. The fraction of sp³-hybridized carbons (Fsp3) is 0.750.